The molecule has 14 nitrogen and oxygen atoms in total. The molecule has 4 N–H and O–H groups in total. The van der Waals surface area contributed by atoms with E-state index in [0.29, 0.717) is 38.5 Å². The largest absolute Gasteiger partial charge is 0.481 e. The molecule has 3 unspecified atom stereocenters. The maximum absolute atomic E-state index is 13.9. The van der Waals surface area contributed by atoms with E-state index < -0.39 is 88.4 Å². The molecular formula is C49H70N2O12. The van der Waals surface area contributed by atoms with Gasteiger partial charge in [-0.2, -0.15) is 0 Å². The van der Waals surface area contributed by atoms with E-state index in [2.05, 4.69) is 10.6 Å². The lowest BCUT2D eigenvalue weighted by Crippen LogP contribution is -2.62. The van der Waals surface area contributed by atoms with Gasteiger partial charge in [0.15, 0.2) is 5.54 Å². The summed E-state index contributed by atoms with van der Waals surface area (Å²) in [6.45, 7) is 9.81. The molecular weight excluding hydrogens is 809 g/mol. The average Bonchev–Trinajstić information content (AvgIpc) is 3.22. The highest BCUT2D eigenvalue weighted by Crippen LogP contribution is 2.48. The molecule has 0 radical (unpaired) electrons. The summed E-state index contributed by atoms with van der Waals surface area (Å²) in [6.07, 6.45) is 2.57. The molecule has 0 heterocycles. The Morgan fingerprint density at radius 2 is 1.14 bits per heavy atom. The molecule has 2 saturated carbocycles. The molecule has 0 spiro atoms. The molecule has 63 heavy (non-hydrogen) atoms. The second-order valence-corrected chi connectivity index (χ2v) is 19.5. The summed E-state index contributed by atoms with van der Waals surface area (Å²) in [5.41, 5.74) is -5.11. The van der Waals surface area contributed by atoms with E-state index in [9.17, 15) is 40.4 Å². The van der Waals surface area contributed by atoms with Crippen LogP contribution in [0.15, 0.2) is 60.7 Å². The highest BCUT2D eigenvalue weighted by atomic mass is 16.6. The van der Waals surface area contributed by atoms with Gasteiger partial charge in [-0.15, -0.1) is 0 Å². The third-order valence-corrected chi connectivity index (χ3v) is 12.3. The number of nitrogens with one attached hydrogen (secondary N) is 2. The molecule has 0 aliphatic heterocycles. The molecule has 2 aliphatic rings. The minimum Gasteiger partial charge on any atom is -0.481 e. The Balaban J connectivity index is 1.74. The zero-order valence-electron chi connectivity index (χ0n) is 39.1. The number of aliphatic carboxylic acids is 2. The van der Waals surface area contributed by atoms with Gasteiger partial charge in [0.2, 0.25) is 0 Å². The summed E-state index contributed by atoms with van der Waals surface area (Å²) in [5.74, 6) is -7.64. The molecule has 3 atom stereocenters. The number of benzene rings is 2. The van der Waals surface area contributed by atoms with Gasteiger partial charge in [-0.1, -0.05) is 99.2 Å². The third-order valence-electron chi connectivity index (χ3n) is 12.3. The van der Waals surface area contributed by atoms with Gasteiger partial charge in [-0.05, 0) is 109 Å². The predicted octanol–water partition coefficient (Wildman–Crippen LogP) is 9.66. The van der Waals surface area contributed by atoms with E-state index in [0.717, 1.165) is 36.8 Å². The van der Waals surface area contributed by atoms with Crippen LogP contribution in [-0.4, -0.2) is 69.1 Å². The van der Waals surface area contributed by atoms with Crippen LogP contribution in [0.25, 0.3) is 0 Å². The van der Waals surface area contributed by atoms with E-state index in [4.69, 9.17) is 18.9 Å². The monoisotopic (exact) mass is 879 g/mol. The van der Waals surface area contributed by atoms with Crippen LogP contribution in [0.1, 0.15) is 157 Å². The Bertz CT molecular complexity index is 1880. The number of alkyl carbamates (subject to hydrolysis) is 2. The summed E-state index contributed by atoms with van der Waals surface area (Å²) < 4.78 is 32.4. The lowest BCUT2D eigenvalue weighted by atomic mass is 9.64. The topological polar surface area (TPSA) is 204 Å². The van der Waals surface area contributed by atoms with E-state index in [1.54, 1.807) is 41.5 Å². The maximum atomic E-state index is 13.9. The van der Waals surface area contributed by atoms with Crippen LogP contribution in [0.3, 0.4) is 0 Å². The molecule has 0 bridgehead atoms. The van der Waals surface area contributed by atoms with E-state index in [1.807, 2.05) is 60.7 Å². The van der Waals surface area contributed by atoms with Gasteiger partial charge in [-0.25, -0.2) is 14.4 Å². The smallest absolute Gasteiger partial charge is 0.408 e. The Morgan fingerprint density at radius 3 is 1.62 bits per heavy atom. The highest BCUT2D eigenvalue weighted by molar-refractivity contribution is 5.90. The van der Waals surface area contributed by atoms with Gasteiger partial charge in [0.1, 0.15) is 24.4 Å². The number of hydrogen-bond donors (Lipinski definition) is 4. The lowest BCUT2D eigenvalue weighted by Gasteiger charge is -2.45. The van der Waals surface area contributed by atoms with Crippen molar-refractivity contribution in [1.82, 2.24) is 10.6 Å². The number of carboxylic acid groups (broad SMARTS) is 2. The molecule has 2 aromatic rings. The van der Waals surface area contributed by atoms with E-state index in [-0.39, 0.29) is 38.9 Å². The first-order valence-electron chi connectivity index (χ1n) is 22.9. The Morgan fingerprint density at radius 1 is 0.667 bits per heavy atom. The fourth-order valence-electron chi connectivity index (χ4n) is 9.17. The first kappa shape index (κ1) is 48.9. The van der Waals surface area contributed by atoms with Gasteiger partial charge >= 0.3 is 36.1 Å². The summed E-state index contributed by atoms with van der Waals surface area (Å²) >= 11 is 0. The zero-order valence-corrected chi connectivity index (χ0v) is 38.1. The molecule has 2 amide bonds. The van der Waals surface area contributed by atoms with Crippen LogP contribution in [0.4, 0.5) is 9.59 Å². The highest BCUT2D eigenvalue weighted by Gasteiger charge is 2.54. The molecule has 2 fully saturated rings. The lowest BCUT2D eigenvalue weighted by molar-refractivity contribution is -0.159. The van der Waals surface area contributed by atoms with E-state index in [1.165, 1.54) is 0 Å². The SMILES string of the molecule is [2H]C(CCC(NC(=O)OC(C)(C)C)C1(CC(=O)OCc2ccccc2)CCCCC1)(C(=O)O)C(CCC1(CC(=O)OCc2ccccc2)CCCCC1)(NC(=O)OC(C)(C)C)C(=O)O. The van der Waals surface area contributed by atoms with Crippen molar-refractivity contribution in [3.05, 3.63) is 71.8 Å². The van der Waals surface area contributed by atoms with Crippen molar-refractivity contribution in [1.29, 1.82) is 0 Å². The van der Waals surface area contributed by atoms with Crippen molar-refractivity contribution >= 4 is 36.1 Å². The Labute approximate surface area is 373 Å². The van der Waals surface area contributed by atoms with Crippen LogP contribution in [0.2, 0.25) is 0 Å². The molecule has 2 aromatic carbocycles. The molecule has 4 rings (SSSR count). The molecule has 2 aliphatic carbocycles. The molecule has 348 valence electrons. The summed E-state index contributed by atoms with van der Waals surface area (Å²) in [6, 6.07) is 17.3. The van der Waals surface area contributed by atoms with Crippen LogP contribution in [0, 0.1) is 16.7 Å². The first-order valence-corrected chi connectivity index (χ1v) is 22.4. The summed E-state index contributed by atoms with van der Waals surface area (Å²) in [7, 11) is 0. The molecule has 0 aromatic heterocycles. The van der Waals surface area contributed by atoms with Crippen molar-refractivity contribution < 1.29 is 59.3 Å². The number of amides is 2. The van der Waals surface area contributed by atoms with Crippen molar-refractivity contribution in [2.45, 2.75) is 180 Å². The van der Waals surface area contributed by atoms with Crippen molar-refractivity contribution in [2.75, 3.05) is 0 Å². The van der Waals surface area contributed by atoms with Crippen molar-refractivity contribution in [2.24, 2.45) is 16.7 Å². The van der Waals surface area contributed by atoms with Gasteiger partial charge in [-0.3, -0.25) is 14.4 Å². The minimum atomic E-state index is -2.99. The standard InChI is InChI=1S/C49H70N2O12/c1-45(2,3)62-43(58)50-38(48(27-17-10-18-28-48)32-40(53)61-34-36-21-13-8-14-22-36)24-23-37(41(54)55)49(42(56)57,51-44(59)63-46(4,5)6)30-29-47(25-15-9-16-26-47)31-39(52)60-33-35-19-11-7-12-20-35/h7-8,11-14,19-22,37-38H,9-10,15-18,23-34H2,1-6H3,(H,50,58)(H,51,59)(H,54,55)(H,56,57)/i37D. The summed E-state index contributed by atoms with van der Waals surface area (Å²) in [4.78, 5) is 82.1. The molecule has 14 heteroatoms. The van der Waals surface area contributed by atoms with Crippen LogP contribution >= 0.6 is 0 Å². The van der Waals surface area contributed by atoms with E-state index >= 15 is 0 Å². The number of esters is 2. The van der Waals surface area contributed by atoms with Gasteiger partial charge in [0, 0.05) is 12.8 Å². The third kappa shape index (κ3) is 15.9. The van der Waals surface area contributed by atoms with Crippen LogP contribution in [-0.2, 0) is 51.3 Å². The van der Waals surface area contributed by atoms with Crippen molar-refractivity contribution in [3.63, 3.8) is 0 Å². The fourth-order valence-corrected chi connectivity index (χ4v) is 9.17. The van der Waals surface area contributed by atoms with Crippen molar-refractivity contribution in [3.8, 4) is 0 Å². The van der Waals surface area contributed by atoms with Crippen LogP contribution < -0.4 is 10.6 Å². The number of hydrogen-bond acceptors (Lipinski definition) is 10. The van der Waals surface area contributed by atoms with Crippen LogP contribution in [0.5, 0.6) is 0 Å². The average molecular weight is 880 g/mol. The second-order valence-electron chi connectivity index (χ2n) is 19.5. The van der Waals surface area contributed by atoms with Gasteiger partial charge in [0.05, 0.1) is 18.7 Å². The number of ether oxygens (including phenoxy) is 4. The number of carbonyl (C=O) groups is 6. The number of carboxylic acids is 2. The Kier molecular flexibility index (Phi) is 17.4. The number of carbonyl (C=O) groups excluding carboxylic acids is 4. The minimum absolute atomic E-state index is 0.0124. The second kappa shape index (κ2) is 22.5. The zero-order chi connectivity index (χ0) is 47.2. The number of rotatable bonds is 20. The molecule has 0 saturated heterocycles. The first-order chi connectivity index (χ1) is 30.0. The fraction of sp³-hybridized carbons (Fsp3) is 0.633. The predicted molar refractivity (Wildman–Crippen MR) is 235 cm³/mol. The van der Waals surface area contributed by atoms with Gasteiger partial charge in [0.25, 0.3) is 0 Å². The Hall–Kier alpha value is -5.14. The quantitative estimate of drug-likeness (QED) is 0.0725. The maximum Gasteiger partial charge on any atom is 0.408 e. The normalized spacial score (nSPS) is 18.7. The summed E-state index contributed by atoms with van der Waals surface area (Å²) in [5, 5.41) is 27.7. The van der Waals surface area contributed by atoms with Gasteiger partial charge < -0.3 is 39.8 Å².